The quantitative estimate of drug-likeness (QED) is 0.0536. The number of hydrogen-bond acceptors (Lipinski definition) is 8. The van der Waals surface area contributed by atoms with Crippen LogP contribution in [0.4, 0.5) is 46.0 Å². The molecule has 4 aromatic heterocycles. The minimum Gasteiger partial charge on any atom is -0.341 e. The Morgan fingerprint density at radius 3 is 0.671 bits per heavy atom. The molecule has 70 heavy (non-hydrogen) atoms. The molecule has 4 N–H and O–H groups in total. The van der Waals surface area contributed by atoms with Crippen LogP contribution in [0.15, 0.2) is 187 Å². The van der Waals surface area contributed by atoms with Crippen LogP contribution in [0, 0.1) is 27.7 Å². The summed E-state index contributed by atoms with van der Waals surface area (Å²) in [5.41, 5.74) is 12.2. The van der Waals surface area contributed by atoms with Crippen LogP contribution in [0.5, 0.6) is 0 Å². The summed E-state index contributed by atoms with van der Waals surface area (Å²) in [5, 5.41) is 35.0. The van der Waals surface area contributed by atoms with Crippen molar-refractivity contribution in [3.05, 3.63) is 191 Å². The average molecular weight is 997 g/mol. The van der Waals surface area contributed by atoms with Crippen molar-refractivity contribution in [1.29, 1.82) is 0 Å². The molecule has 4 aromatic carbocycles. The highest BCUT2D eigenvalue weighted by molar-refractivity contribution is 6.63. The Hall–Kier alpha value is -6.73. The van der Waals surface area contributed by atoms with E-state index in [4.69, 9.17) is 34.8 Å². The molecule has 0 bridgehead atoms. The average Bonchev–Trinajstić information content (AvgIpc) is 4.22. The van der Waals surface area contributed by atoms with Gasteiger partial charge in [0.25, 0.3) is 0 Å². The van der Waals surface area contributed by atoms with Gasteiger partial charge in [-0.3, -0.25) is 0 Å². The van der Waals surface area contributed by atoms with Crippen LogP contribution < -0.4 is 0 Å². The smallest absolute Gasteiger partial charge is 0.180 e. The molecule has 0 saturated carbocycles. The topological polar surface area (TPSA) is 162 Å². The number of aromatic amines is 4. The predicted octanol–water partition coefficient (Wildman–Crippen LogP) is 19.8. The van der Waals surface area contributed by atoms with Crippen molar-refractivity contribution in [2.24, 2.45) is 40.9 Å². The second kappa shape index (κ2) is 25.2. The number of aryl methyl sites for hydroxylation is 4. The molecule has 0 saturated heterocycles. The lowest BCUT2D eigenvalue weighted by Crippen LogP contribution is -2.26. The molecule has 15 heteroatoms. The Labute approximate surface area is 426 Å². The summed E-state index contributed by atoms with van der Waals surface area (Å²) in [4.78, 5) is 13.9. The second-order valence-corrected chi connectivity index (χ2v) is 19.0. The standard InChI is InChI=1S/2C27H30N6.CHCl3/c2*1-5-27(6-2,23-15-17-25(28-23)32-30-21-11-7-19(3)8-12-21)24-16-18-26(29-24)33-31-22-13-9-20(4)10-14-22;2-1(3)4/h2*7-18,28-29H,5-6H2,1-4H3;1H. The molecule has 0 aliphatic heterocycles. The van der Waals surface area contributed by atoms with Gasteiger partial charge in [-0.15, -0.1) is 40.9 Å². The highest BCUT2D eigenvalue weighted by atomic mass is 35.6. The van der Waals surface area contributed by atoms with E-state index >= 15 is 0 Å². The molecule has 4 heterocycles. The van der Waals surface area contributed by atoms with Crippen molar-refractivity contribution in [3.8, 4) is 0 Å². The van der Waals surface area contributed by atoms with Gasteiger partial charge in [0, 0.05) is 33.6 Å². The Balaban J connectivity index is 0.000000213. The van der Waals surface area contributed by atoms with Gasteiger partial charge in [-0.25, -0.2) is 0 Å². The van der Waals surface area contributed by atoms with Gasteiger partial charge in [0.05, 0.1) is 22.7 Å². The van der Waals surface area contributed by atoms with E-state index in [-0.39, 0.29) is 10.8 Å². The van der Waals surface area contributed by atoms with E-state index in [0.29, 0.717) is 0 Å². The molecule has 0 amide bonds. The van der Waals surface area contributed by atoms with E-state index in [0.717, 1.165) is 94.5 Å². The van der Waals surface area contributed by atoms with Gasteiger partial charge >= 0.3 is 0 Å². The first kappa shape index (κ1) is 52.6. The third kappa shape index (κ3) is 14.2. The number of halogens is 3. The van der Waals surface area contributed by atoms with Crippen LogP contribution in [-0.4, -0.2) is 24.2 Å². The van der Waals surface area contributed by atoms with E-state index in [2.05, 4.69) is 141 Å². The van der Waals surface area contributed by atoms with E-state index in [1.807, 2.05) is 121 Å². The number of rotatable bonds is 16. The van der Waals surface area contributed by atoms with Crippen molar-refractivity contribution >= 4 is 80.8 Å². The summed E-state index contributed by atoms with van der Waals surface area (Å²) in [6.45, 7) is 17.0. The van der Waals surface area contributed by atoms with E-state index < -0.39 is 4.30 Å². The molecular formula is C55H61Cl3N12. The van der Waals surface area contributed by atoms with E-state index in [1.165, 1.54) is 22.3 Å². The molecule has 0 aliphatic rings. The molecular weight excluding hydrogens is 935 g/mol. The van der Waals surface area contributed by atoms with Crippen LogP contribution in [0.25, 0.3) is 0 Å². The molecule has 362 valence electrons. The minimum atomic E-state index is -0.750. The van der Waals surface area contributed by atoms with Crippen molar-refractivity contribution in [2.45, 2.75) is 96.2 Å². The summed E-state index contributed by atoms with van der Waals surface area (Å²) < 4.78 is -0.750. The Morgan fingerprint density at radius 1 is 0.314 bits per heavy atom. The van der Waals surface area contributed by atoms with Crippen molar-refractivity contribution in [2.75, 3.05) is 0 Å². The maximum Gasteiger partial charge on any atom is 0.180 e. The first-order valence-electron chi connectivity index (χ1n) is 23.4. The molecule has 0 fully saturated rings. The lowest BCUT2D eigenvalue weighted by molar-refractivity contribution is 0.456. The fourth-order valence-electron chi connectivity index (χ4n) is 8.09. The number of hydrogen-bond donors (Lipinski definition) is 4. The predicted molar refractivity (Wildman–Crippen MR) is 289 cm³/mol. The highest BCUT2D eigenvalue weighted by Crippen LogP contribution is 2.41. The SMILES string of the molecule is CCC(CC)(c1ccc(N=Nc2ccc(C)cc2)[nH]1)c1ccc(N=Nc2ccc(C)cc2)[nH]1.CCC(CC)(c1ccc(N=Nc2ccc(C)cc2)[nH]1)c1ccc(N=Nc2ccc(C)cc2)[nH]1.ClC(Cl)Cl. The normalized spacial score (nSPS) is 12.1. The third-order valence-electron chi connectivity index (χ3n) is 12.4. The van der Waals surface area contributed by atoms with Crippen LogP contribution in [0.2, 0.25) is 0 Å². The molecule has 0 radical (unpaired) electrons. The van der Waals surface area contributed by atoms with Gasteiger partial charge in [0.15, 0.2) is 27.6 Å². The Bertz CT molecular complexity index is 2550. The van der Waals surface area contributed by atoms with Gasteiger partial charge in [-0.1, -0.05) is 133 Å². The fraction of sp³-hybridized carbons (Fsp3) is 0.273. The monoisotopic (exact) mass is 994 g/mol. The molecule has 0 atom stereocenters. The number of nitrogens with one attached hydrogen (secondary N) is 4. The Kier molecular flexibility index (Phi) is 19.0. The number of aromatic nitrogens is 4. The van der Waals surface area contributed by atoms with Crippen molar-refractivity contribution < 1.29 is 0 Å². The molecule has 8 rings (SSSR count). The largest absolute Gasteiger partial charge is 0.341 e. The summed E-state index contributed by atoms with van der Waals surface area (Å²) >= 11 is 14.4. The number of alkyl halides is 3. The number of nitrogens with zero attached hydrogens (tertiary/aromatic N) is 8. The summed E-state index contributed by atoms with van der Waals surface area (Å²) in [6, 6.07) is 48.4. The maximum absolute atomic E-state index is 4.81. The first-order chi connectivity index (χ1) is 33.8. The van der Waals surface area contributed by atoms with Gasteiger partial charge in [-0.05, 0) is 150 Å². The number of benzene rings is 4. The lowest BCUT2D eigenvalue weighted by Gasteiger charge is -2.30. The molecule has 0 unspecified atom stereocenters. The lowest BCUT2D eigenvalue weighted by atomic mass is 9.76. The van der Waals surface area contributed by atoms with Crippen LogP contribution >= 0.6 is 34.8 Å². The highest BCUT2D eigenvalue weighted by Gasteiger charge is 2.35. The van der Waals surface area contributed by atoms with Crippen molar-refractivity contribution in [3.63, 3.8) is 0 Å². The number of H-pyrrole nitrogens is 4. The fourth-order valence-corrected chi connectivity index (χ4v) is 8.09. The third-order valence-corrected chi connectivity index (χ3v) is 12.4. The van der Waals surface area contributed by atoms with E-state index in [1.54, 1.807) is 0 Å². The van der Waals surface area contributed by atoms with Crippen LogP contribution in [0.3, 0.4) is 0 Å². The van der Waals surface area contributed by atoms with E-state index in [9.17, 15) is 0 Å². The zero-order valence-corrected chi connectivity index (χ0v) is 43.2. The van der Waals surface area contributed by atoms with Crippen LogP contribution in [-0.2, 0) is 10.8 Å². The molecule has 0 spiro atoms. The minimum absolute atomic E-state index is 0.199. The van der Waals surface area contributed by atoms with Crippen LogP contribution in [0.1, 0.15) is 98.4 Å². The van der Waals surface area contributed by atoms with Gasteiger partial charge < -0.3 is 19.9 Å². The number of azo groups is 4. The van der Waals surface area contributed by atoms with Gasteiger partial charge in [-0.2, -0.15) is 0 Å². The zero-order chi connectivity index (χ0) is 50.1. The molecule has 12 nitrogen and oxygen atoms in total. The Morgan fingerprint density at radius 2 is 0.500 bits per heavy atom. The van der Waals surface area contributed by atoms with Gasteiger partial charge in [0.1, 0.15) is 0 Å². The first-order valence-corrected chi connectivity index (χ1v) is 24.7. The summed E-state index contributed by atoms with van der Waals surface area (Å²) in [7, 11) is 0. The second-order valence-electron chi connectivity index (χ2n) is 17.0. The molecule has 0 aliphatic carbocycles. The maximum atomic E-state index is 4.81. The van der Waals surface area contributed by atoms with Gasteiger partial charge in [0.2, 0.25) is 0 Å². The molecule has 8 aromatic rings. The van der Waals surface area contributed by atoms with Crippen molar-refractivity contribution in [1.82, 2.24) is 19.9 Å². The summed E-state index contributed by atoms with van der Waals surface area (Å²) in [5.74, 6) is 2.95. The summed E-state index contributed by atoms with van der Waals surface area (Å²) in [6.07, 6.45) is 3.70. The zero-order valence-electron chi connectivity index (χ0n) is 41.0.